The molecule has 4 rings (SSSR count). The van der Waals surface area contributed by atoms with Gasteiger partial charge in [0.2, 0.25) is 15.9 Å². The molecule has 1 aromatic rings. The highest BCUT2D eigenvalue weighted by Crippen LogP contribution is 2.34. The van der Waals surface area contributed by atoms with Gasteiger partial charge in [-0.2, -0.15) is 4.31 Å². The molecule has 1 saturated carbocycles. The number of piperidine rings is 1. The van der Waals surface area contributed by atoms with Crippen molar-refractivity contribution in [3.8, 4) is 11.5 Å². The average molecular weight is 495 g/mol. The molecule has 1 amide bonds. The topological polar surface area (TPSA) is 111 Å². The van der Waals surface area contributed by atoms with E-state index >= 15 is 0 Å². The fourth-order valence-electron chi connectivity index (χ4n) is 4.95. The number of nitrogens with zero attached hydrogens (tertiary/aromatic N) is 1. The first-order valence-electron chi connectivity index (χ1n) is 12.2. The van der Waals surface area contributed by atoms with Crippen molar-refractivity contribution in [1.29, 1.82) is 0 Å². The summed E-state index contributed by atoms with van der Waals surface area (Å²) in [5, 5.41) is 3.00. The highest BCUT2D eigenvalue weighted by molar-refractivity contribution is 7.89. The summed E-state index contributed by atoms with van der Waals surface area (Å²) in [5.41, 5.74) is -0.960. The van der Waals surface area contributed by atoms with Crippen LogP contribution in [0, 0.1) is 5.92 Å². The summed E-state index contributed by atoms with van der Waals surface area (Å²) in [7, 11) is -3.72. The van der Waals surface area contributed by atoms with Crippen LogP contribution in [0.1, 0.15) is 58.3 Å². The van der Waals surface area contributed by atoms with Crippen molar-refractivity contribution in [3.05, 3.63) is 18.2 Å². The van der Waals surface area contributed by atoms with Gasteiger partial charge in [-0.3, -0.25) is 4.79 Å². The molecule has 0 unspecified atom stereocenters. The minimum absolute atomic E-state index is 0.156. The van der Waals surface area contributed by atoms with Gasteiger partial charge in [-0.1, -0.05) is 19.3 Å². The molecule has 34 heavy (non-hydrogen) atoms. The van der Waals surface area contributed by atoms with Gasteiger partial charge in [-0.25, -0.2) is 13.2 Å². The fraction of sp³-hybridized carbons (Fsp3) is 0.667. The molecule has 1 N–H and O–H groups in total. The Bertz CT molecular complexity index is 997. The third-order valence-electron chi connectivity index (χ3n) is 6.92. The number of rotatable bonds is 6. The molecule has 1 saturated heterocycles. The van der Waals surface area contributed by atoms with E-state index in [0.717, 1.165) is 25.7 Å². The Balaban J connectivity index is 1.40. The summed E-state index contributed by atoms with van der Waals surface area (Å²) in [6.07, 6.45) is 5.46. The number of amides is 1. The number of carbonyl (C=O) groups excluding carboxylic acids is 2. The predicted molar refractivity (Wildman–Crippen MR) is 124 cm³/mol. The molecule has 9 nitrogen and oxygen atoms in total. The Labute approximate surface area is 201 Å². The number of benzene rings is 1. The summed E-state index contributed by atoms with van der Waals surface area (Å²) < 4.78 is 44.4. The van der Waals surface area contributed by atoms with E-state index in [1.807, 2.05) is 0 Å². The molecule has 3 aliphatic rings. The van der Waals surface area contributed by atoms with E-state index in [9.17, 15) is 18.0 Å². The first-order chi connectivity index (χ1) is 16.4. The van der Waals surface area contributed by atoms with E-state index in [-0.39, 0.29) is 42.4 Å². The van der Waals surface area contributed by atoms with E-state index in [2.05, 4.69) is 5.32 Å². The Morgan fingerprint density at radius 3 is 2.41 bits per heavy atom. The Morgan fingerprint density at radius 1 is 1.06 bits per heavy atom. The number of ether oxygens (including phenoxy) is 3. The minimum atomic E-state index is -3.72. The lowest BCUT2D eigenvalue weighted by molar-refractivity contribution is -0.155. The largest absolute Gasteiger partial charge is 0.490 e. The molecule has 2 heterocycles. The number of fused-ring (bicyclic) bond motifs is 1. The van der Waals surface area contributed by atoms with E-state index < -0.39 is 15.6 Å². The Morgan fingerprint density at radius 2 is 1.74 bits per heavy atom. The quantitative estimate of drug-likeness (QED) is 0.605. The van der Waals surface area contributed by atoms with Gasteiger partial charge < -0.3 is 19.5 Å². The molecule has 10 heteroatoms. The fourth-order valence-corrected chi connectivity index (χ4v) is 6.44. The van der Waals surface area contributed by atoms with Gasteiger partial charge in [0.1, 0.15) is 5.54 Å². The third-order valence-corrected chi connectivity index (χ3v) is 8.81. The van der Waals surface area contributed by atoms with Crippen LogP contribution in [0.5, 0.6) is 11.5 Å². The lowest BCUT2D eigenvalue weighted by Crippen LogP contribution is -2.58. The van der Waals surface area contributed by atoms with Crippen LogP contribution in [0.25, 0.3) is 0 Å². The standard InChI is InChI=1S/C24H34N2O7S/c1-2-31-23(28)24(11-4-3-5-12-24)25-22(27)18-9-13-26(14-10-18)34(29,30)19-7-8-20-21(17-19)33-16-6-15-32-20/h7-8,17-18H,2-6,9-16H2,1H3,(H,25,27). The summed E-state index contributed by atoms with van der Waals surface area (Å²) >= 11 is 0. The van der Waals surface area contributed by atoms with Gasteiger partial charge >= 0.3 is 5.97 Å². The van der Waals surface area contributed by atoms with Crippen LogP contribution in [-0.4, -0.2) is 63.0 Å². The molecule has 1 aliphatic carbocycles. The summed E-state index contributed by atoms with van der Waals surface area (Å²) in [4.78, 5) is 25.9. The lowest BCUT2D eigenvalue weighted by Gasteiger charge is -2.38. The molecular weight excluding hydrogens is 460 g/mol. The number of nitrogens with one attached hydrogen (secondary N) is 1. The van der Waals surface area contributed by atoms with Crippen LogP contribution in [0.4, 0.5) is 0 Å². The lowest BCUT2D eigenvalue weighted by atomic mass is 9.81. The molecule has 2 fully saturated rings. The molecule has 0 bridgehead atoms. The number of esters is 1. The molecule has 0 atom stereocenters. The number of sulfonamides is 1. The maximum Gasteiger partial charge on any atom is 0.331 e. The van der Waals surface area contributed by atoms with Crippen LogP contribution >= 0.6 is 0 Å². The van der Waals surface area contributed by atoms with Crippen LogP contribution in [-0.2, 0) is 24.3 Å². The monoisotopic (exact) mass is 494 g/mol. The van der Waals surface area contributed by atoms with Crippen molar-refractivity contribution in [3.63, 3.8) is 0 Å². The first kappa shape index (κ1) is 24.8. The number of hydrogen-bond donors (Lipinski definition) is 1. The van der Waals surface area contributed by atoms with Crippen LogP contribution < -0.4 is 14.8 Å². The highest BCUT2D eigenvalue weighted by Gasteiger charge is 2.44. The third kappa shape index (κ3) is 5.17. The van der Waals surface area contributed by atoms with Gasteiger partial charge in [0.25, 0.3) is 0 Å². The second-order valence-corrected chi connectivity index (χ2v) is 11.1. The van der Waals surface area contributed by atoms with Crippen molar-refractivity contribution < 1.29 is 32.2 Å². The highest BCUT2D eigenvalue weighted by atomic mass is 32.2. The van der Waals surface area contributed by atoms with Crippen molar-refractivity contribution in [2.75, 3.05) is 32.9 Å². The minimum Gasteiger partial charge on any atom is -0.490 e. The Hall–Kier alpha value is -2.33. The van der Waals surface area contributed by atoms with Crippen molar-refractivity contribution in [2.45, 2.75) is 68.7 Å². The van der Waals surface area contributed by atoms with Crippen LogP contribution in [0.3, 0.4) is 0 Å². The molecule has 2 aliphatic heterocycles. The SMILES string of the molecule is CCOC(=O)C1(NC(=O)C2CCN(S(=O)(=O)c3ccc4c(c3)OCCCO4)CC2)CCCCC1. The van der Waals surface area contributed by atoms with Crippen LogP contribution in [0.15, 0.2) is 23.1 Å². The zero-order chi connectivity index (χ0) is 24.2. The number of hydrogen-bond acceptors (Lipinski definition) is 7. The summed E-state index contributed by atoms with van der Waals surface area (Å²) in [6, 6.07) is 4.68. The predicted octanol–water partition coefficient (Wildman–Crippen LogP) is 2.63. The molecule has 0 spiro atoms. The van der Waals surface area contributed by atoms with E-state index in [4.69, 9.17) is 14.2 Å². The first-order valence-corrected chi connectivity index (χ1v) is 13.7. The molecular formula is C24H34N2O7S. The smallest absolute Gasteiger partial charge is 0.331 e. The summed E-state index contributed by atoms with van der Waals surface area (Å²) in [6.45, 7) is 3.52. The van der Waals surface area contributed by atoms with E-state index in [0.29, 0.717) is 50.4 Å². The van der Waals surface area contributed by atoms with Gasteiger partial charge in [0.05, 0.1) is 24.7 Å². The molecule has 1 aromatic carbocycles. The second kappa shape index (κ2) is 10.5. The van der Waals surface area contributed by atoms with E-state index in [1.165, 1.54) is 16.4 Å². The zero-order valence-corrected chi connectivity index (χ0v) is 20.5. The maximum absolute atomic E-state index is 13.2. The zero-order valence-electron chi connectivity index (χ0n) is 19.7. The molecule has 188 valence electrons. The van der Waals surface area contributed by atoms with Gasteiger partial charge in [-0.05, 0) is 44.7 Å². The van der Waals surface area contributed by atoms with E-state index in [1.54, 1.807) is 13.0 Å². The van der Waals surface area contributed by atoms with Gasteiger partial charge in [0, 0.05) is 31.5 Å². The second-order valence-electron chi connectivity index (χ2n) is 9.19. The van der Waals surface area contributed by atoms with Crippen molar-refractivity contribution >= 4 is 21.9 Å². The normalized spacial score (nSPS) is 21.3. The molecule has 0 radical (unpaired) electrons. The Kier molecular flexibility index (Phi) is 7.67. The number of carbonyl (C=O) groups is 2. The summed E-state index contributed by atoms with van der Waals surface area (Å²) in [5.74, 6) is 0.0816. The maximum atomic E-state index is 13.2. The van der Waals surface area contributed by atoms with Gasteiger partial charge in [-0.15, -0.1) is 0 Å². The average Bonchev–Trinajstić information content (AvgIpc) is 3.10. The van der Waals surface area contributed by atoms with Crippen molar-refractivity contribution in [2.24, 2.45) is 5.92 Å². The van der Waals surface area contributed by atoms with Crippen LogP contribution in [0.2, 0.25) is 0 Å². The van der Waals surface area contributed by atoms with Crippen molar-refractivity contribution in [1.82, 2.24) is 9.62 Å². The molecule has 0 aromatic heterocycles. The van der Waals surface area contributed by atoms with Gasteiger partial charge in [0.15, 0.2) is 11.5 Å².